The van der Waals surface area contributed by atoms with Crippen LogP contribution in [0, 0.1) is 12.8 Å². The van der Waals surface area contributed by atoms with Gasteiger partial charge < -0.3 is 14.7 Å². The number of aryl methyl sites for hydroxylation is 1. The molecule has 24 heavy (non-hydrogen) atoms. The molecule has 2 aliphatic rings. The molecule has 1 aliphatic carbocycles. The van der Waals surface area contributed by atoms with Gasteiger partial charge in [0.15, 0.2) is 5.82 Å². The van der Waals surface area contributed by atoms with Crippen LogP contribution in [0.25, 0.3) is 0 Å². The van der Waals surface area contributed by atoms with Crippen LogP contribution in [0.3, 0.4) is 0 Å². The maximum absolute atomic E-state index is 12.8. The number of rotatable bonds is 3. The zero-order chi connectivity index (χ0) is 16.6. The predicted molar refractivity (Wildman–Crippen MR) is 88.1 cm³/mol. The SMILES string of the molecule is Cc1noc(CNC(=O)N2C[C@@H]3CCCC[C@@]32c2ccccc2)n1. The van der Waals surface area contributed by atoms with Gasteiger partial charge in [0.2, 0.25) is 5.89 Å². The molecule has 126 valence electrons. The average molecular weight is 326 g/mol. The summed E-state index contributed by atoms with van der Waals surface area (Å²) in [5.74, 6) is 1.58. The second kappa shape index (κ2) is 5.92. The van der Waals surface area contributed by atoms with Crippen molar-refractivity contribution in [2.45, 2.75) is 44.7 Å². The van der Waals surface area contributed by atoms with Crippen LogP contribution < -0.4 is 5.32 Å². The lowest BCUT2D eigenvalue weighted by Gasteiger charge is -2.61. The van der Waals surface area contributed by atoms with E-state index in [9.17, 15) is 4.79 Å². The van der Waals surface area contributed by atoms with E-state index in [0.717, 1.165) is 19.4 Å². The number of carbonyl (C=O) groups excluding carboxylic acids is 1. The van der Waals surface area contributed by atoms with Gasteiger partial charge in [-0.15, -0.1) is 0 Å². The fraction of sp³-hybridized carbons (Fsp3) is 0.500. The number of aromatic nitrogens is 2. The summed E-state index contributed by atoms with van der Waals surface area (Å²) in [6.45, 7) is 2.86. The lowest BCUT2D eigenvalue weighted by atomic mass is 9.62. The van der Waals surface area contributed by atoms with Crippen molar-refractivity contribution in [1.82, 2.24) is 20.4 Å². The van der Waals surface area contributed by atoms with E-state index in [-0.39, 0.29) is 18.1 Å². The smallest absolute Gasteiger partial charge is 0.318 e. The van der Waals surface area contributed by atoms with E-state index in [1.807, 2.05) is 11.0 Å². The molecule has 1 N–H and O–H groups in total. The summed E-state index contributed by atoms with van der Waals surface area (Å²) < 4.78 is 5.07. The lowest BCUT2D eigenvalue weighted by molar-refractivity contribution is -0.0795. The predicted octanol–water partition coefficient (Wildman–Crippen LogP) is 2.99. The Hall–Kier alpha value is -2.37. The largest absolute Gasteiger partial charge is 0.337 e. The van der Waals surface area contributed by atoms with Crippen LogP contribution in [0.5, 0.6) is 0 Å². The van der Waals surface area contributed by atoms with Gasteiger partial charge in [-0.2, -0.15) is 4.98 Å². The molecular formula is C18H22N4O2. The van der Waals surface area contributed by atoms with E-state index < -0.39 is 0 Å². The van der Waals surface area contributed by atoms with Crippen LogP contribution in [0.4, 0.5) is 4.79 Å². The van der Waals surface area contributed by atoms with Crippen molar-refractivity contribution in [2.24, 2.45) is 5.92 Å². The first kappa shape index (κ1) is 15.2. The highest BCUT2D eigenvalue weighted by atomic mass is 16.5. The molecule has 1 aromatic heterocycles. The first-order chi connectivity index (χ1) is 11.7. The van der Waals surface area contributed by atoms with Crippen molar-refractivity contribution in [3.8, 4) is 0 Å². The Morgan fingerprint density at radius 3 is 2.92 bits per heavy atom. The third kappa shape index (κ3) is 2.37. The minimum absolute atomic E-state index is 0.0483. The van der Waals surface area contributed by atoms with Crippen molar-refractivity contribution in [3.63, 3.8) is 0 Å². The van der Waals surface area contributed by atoms with Crippen LogP contribution >= 0.6 is 0 Å². The van der Waals surface area contributed by atoms with Gasteiger partial charge in [0.05, 0.1) is 12.1 Å². The molecule has 4 rings (SSSR count). The zero-order valence-electron chi connectivity index (χ0n) is 13.9. The number of fused-ring (bicyclic) bond motifs is 1. The van der Waals surface area contributed by atoms with E-state index >= 15 is 0 Å². The Balaban J connectivity index is 1.52. The van der Waals surface area contributed by atoms with E-state index in [0.29, 0.717) is 17.6 Å². The van der Waals surface area contributed by atoms with Crippen LogP contribution in [-0.2, 0) is 12.1 Å². The quantitative estimate of drug-likeness (QED) is 0.941. The first-order valence-electron chi connectivity index (χ1n) is 8.60. The summed E-state index contributed by atoms with van der Waals surface area (Å²) >= 11 is 0. The normalized spacial score (nSPS) is 25.7. The van der Waals surface area contributed by atoms with E-state index in [2.05, 4.69) is 39.7 Å². The minimum atomic E-state index is -0.144. The monoisotopic (exact) mass is 326 g/mol. The van der Waals surface area contributed by atoms with Gasteiger partial charge in [0, 0.05) is 12.5 Å². The molecule has 0 radical (unpaired) electrons. The van der Waals surface area contributed by atoms with Gasteiger partial charge in [-0.05, 0) is 25.3 Å². The third-order valence-corrected chi connectivity index (χ3v) is 5.40. The summed E-state index contributed by atoms with van der Waals surface area (Å²) in [7, 11) is 0. The highest BCUT2D eigenvalue weighted by Gasteiger charge is 2.56. The number of benzene rings is 1. The molecule has 1 saturated heterocycles. The maximum Gasteiger partial charge on any atom is 0.318 e. The molecule has 2 atom stereocenters. The highest BCUT2D eigenvalue weighted by molar-refractivity contribution is 5.76. The topological polar surface area (TPSA) is 71.3 Å². The molecule has 6 nitrogen and oxygen atoms in total. The number of nitrogens with one attached hydrogen (secondary N) is 1. The fourth-order valence-electron chi connectivity index (χ4n) is 4.28. The molecule has 0 unspecified atom stereocenters. The Morgan fingerprint density at radius 2 is 2.21 bits per heavy atom. The number of hydrogen-bond donors (Lipinski definition) is 1. The van der Waals surface area contributed by atoms with Crippen LogP contribution in [-0.4, -0.2) is 27.6 Å². The molecule has 0 bridgehead atoms. The molecule has 2 heterocycles. The molecule has 2 fully saturated rings. The Morgan fingerprint density at radius 1 is 1.38 bits per heavy atom. The van der Waals surface area contributed by atoms with Crippen molar-refractivity contribution in [3.05, 3.63) is 47.6 Å². The van der Waals surface area contributed by atoms with Crippen LogP contribution in [0.1, 0.15) is 43.0 Å². The molecular weight excluding hydrogens is 304 g/mol. The Kier molecular flexibility index (Phi) is 3.75. The van der Waals surface area contributed by atoms with Gasteiger partial charge in [-0.1, -0.05) is 48.3 Å². The number of urea groups is 1. The Bertz CT molecular complexity index is 730. The minimum Gasteiger partial charge on any atom is -0.337 e. The van der Waals surface area contributed by atoms with Gasteiger partial charge in [0.1, 0.15) is 0 Å². The van der Waals surface area contributed by atoms with Crippen molar-refractivity contribution < 1.29 is 9.32 Å². The van der Waals surface area contributed by atoms with Crippen molar-refractivity contribution in [2.75, 3.05) is 6.54 Å². The zero-order valence-corrected chi connectivity index (χ0v) is 13.9. The van der Waals surface area contributed by atoms with Gasteiger partial charge >= 0.3 is 6.03 Å². The second-order valence-electron chi connectivity index (χ2n) is 6.74. The van der Waals surface area contributed by atoms with Crippen molar-refractivity contribution in [1.29, 1.82) is 0 Å². The third-order valence-electron chi connectivity index (χ3n) is 5.40. The van der Waals surface area contributed by atoms with Crippen LogP contribution in [0.15, 0.2) is 34.9 Å². The van der Waals surface area contributed by atoms with Gasteiger partial charge in [0.25, 0.3) is 0 Å². The van der Waals surface area contributed by atoms with E-state index in [4.69, 9.17) is 4.52 Å². The molecule has 0 spiro atoms. The molecule has 1 saturated carbocycles. The fourth-order valence-corrected chi connectivity index (χ4v) is 4.28. The van der Waals surface area contributed by atoms with E-state index in [1.54, 1.807) is 6.92 Å². The van der Waals surface area contributed by atoms with Crippen molar-refractivity contribution >= 4 is 6.03 Å². The molecule has 6 heteroatoms. The lowest BCUT2D eigenvalue weighted by Crippen LogP contribution is -2.69. The summed E-state index contributed by atoms with van der Waals surface area (Å²) in [6, 6.07) is 10.4. The summed E-state index contributed by atoms with van der Waals surface area (Å²) in [6.07, 6.45) is 4.66. The summed E-state index contributed by atoms with van der Waals surface area (Å²) in [5.41, 5.74) is 1.11. The van der Waals surface area contributed by atoms with Gasteiger partial charge in [-0.25, -0.2) is 4.79 Å². The first-order valence-corrected chi connectivity index (χ1v) is 8.60. The molecule has 1 aliphatic heterocycles. The molecule has 2 amide bonds. The molecule has 1 aromatic carbocycles. The number of carbonyl (C=O) groups is 1. The average Bonchev–Trinajstić information content (AvgIpc) is 3.00. The summed E-state index contributed by atoms with van der Waals surface area (Å²) in [5, 5.41) is 6.68. The van der Waals surface area contributed by atoms with Crippen LogP contribution in [0.2, 0.25) is 0 Å². The standard InChI is InChI=1S/C18H22N4O2/c1-13-20-16(24-21-13)11-19-17(23)22-12-15-9-5-6-10-18(15,22)14-7-3-2-4-8-14/h2-4,7-8,15H,5-6,9-12H2,1H3,(H,19,23)/t15-,18+/m0/s1. The maximum atomic E-state index is 12.8. The Labute approximate surface area is 141 Å². The van der Waals surface area contributed by atoms with E-state index in [1.165, 1.54) is 18.4 Å². The number of hydrogen-bond acceptors (Lipinski definition) is 4. The highest BCUT2D eigenvalue weighted by Crippen LogP contribution is 2.53. The summed E-state index contributed by atoms with van der Waals surface area (Å²) in [4.78, 5) is 18.9. The number of nitrogens with zero attached hydrogens (tertiary/aromatic N) is 3. The van der Waals surface area contributed by atoms with Gasteiger partial charge in [-0.3, -0.25) is 0 Å². The molecule has 2 aromatic rings. The second-order valence-corrected chi connectivity index (χ2v) is 6.74. The number of amides is 2. The number of likely N-dealkylation sites (tertiary alicyclic amines) is 1.